The van der Waals surface area contributed by atoms with Gasteiger partial charge in [0.25, 0.3) is 15.9 Å². The molecule has 0 fully saturated rings. The van der Waals surface area contributed by atoms with Crippen molar-refractivity contribution in [3.8, 4) is 0 Å². The molecule has 154 valence electrons. The van der Waals surface area contributed by atoms with Crippen LogP contribution in [0.2, 0.25) is 0 Å². The van der Waals surface area contributed by atoms with Crippen molar-refractivity contribution in [2.75, 3.05) is 10.0 Å². The van der Waals surface area contributed by atoms with Gasteiger partial charge in [-0.1, -0.05) is 18.2 Å². The van der Waals surface area contributed by atoms with Gasteiger partial charge in [0.05, 0.1) is 16.3 Å². The molecule has 0 saturated carbocycles. The average Bonchev–Trinajstić information content (AvgIpc) is 3.32. The number of hydrogen-bond donors (Lipinski definition) is 2. The number of amides is 1. The molecule has 1 amide bonds. The Hall–Kier alpha value is -2.82. The number of nitrogens with one attached hydrogen (secondary N) is 2. The van der Waals surface area contributed by atoms with E-state index in [4.69, 9.17) is 0 Å². The van der Waals surface area contributed by atoms with Crippen molar-refractivity contribution in [3.63, 3.8) is 0 Å². The predicted molar refractivity (Wildman–Crippen MR) is 121 cm³/mol. The van der Waals surface area contributed by atoms with E-state index in [2.05, 4.69) is 20.0 Å². The third kappa shape index (κ3) is 3.81. The topological polar surface area (TPSA) is 101 Å². The molecule has 4 aromatic rings. The normalized spacial score (nSPS) is 11.6. The van der Waals surface area contributed by atoms with E-state index in [1.165, 1.54) is 17.4 Å². The number of carbonyl (C=O) groups excluding carboxylic acids is 1. The van der Waals surface area contributed by atoms with Gasteiger partial charge in [-0.15, -0.1) is 22.7 Å². The van der Waals surface area contributed by atoms with Crippen molar-refractivity contribution in [3.05, 3.63) is 63.7 Å². The Morgan fingerprint density at radius 2 is 1.73 bits per heavy atom. The zero-order chi connectivity index (χ0) is 21.5. The summed E-state index contributed by atoms with van der Waals surface area (Å²) in [5.41, 5.74) is 2.30. The SMILES string of the molecule is Cc1nc(C)c2c(C)c(C(=O)Nc3ccccc3NS(=O)(=O)c3cccs3)sc2n1. The van der Waals surface area contributed by atoms with Crippen LogP contribution in [0, 0.1) is 20.8 Å². The minimum absolute atomic E-state index is 0.202. The zero-order valence-electron chi connectivity index (χ0n) is 16.4. The van der Waals surface area contributed by atoms with Gasteiger partial charge >= 0.3 is 0 Å². The highest BCUT2D eigenvalue weighted by atomic mass is 32.2. The molecule has 0 radical (unpaired) electrons. The highest BCUT2D eigenvalue weighted by Crippen LogP contribution is 2.33. The van der Waals surface area contributed by atoms with E-state index in [0.717, 1.165) is 32.8 Å². The van der Waals surface area contributed by atoms with Crippen LogP contribution in [0.4, 0.5) is 11.4 Å². The average molecular weight is 459 g/mol. The lowest BCUT2D eigenvalue weighted by Gasteiger charge is -2.12. The molecule has 0 aliphatic heterocycles. The first-order valence-corrected chi connectivity index (χ1v) is 12.2. The minimum atomic E-state index is -3.73. The Morgan fingerprint density at radius 3 is 2.43 bits per heavy atom. The molecule has 0 aliphatic rings. The third-order valence-electron chi connectivity index (χ3n) is 4.47. The molecule has 0 saturated heterocycles. The van der Waals surface area contributed by atoms with E-state index in [-0.39, 0.29) is 10.1 Å². The summed E-state index contributed by atoms with van der Waals surface area (Å²) in [5.74, 6) is 0.330. The number of carbonyl (C=O) groups is 1. The molecule has 10 heteroatoms. The van der Waals surface area contributed by atoms with Gasteiger partial charge in [-0.3, -0.25) is 9.52 Å². The van der Waals surface area contributed by atoms with Crippen LogP contribution in [0.1, 0.15) is 26.8 Å². The summed E-state index contributed by atoms with van der Waals surface area (Å²) in [4.78, 5) is 23.1. The number of aromatic nitrogens is 2. The number of aryl methyl sites for hydroxylation is 3. The van der Waals surface area contributed by atoms with Crippen LogP contribution in [0.5, 0.6) is 0 Å². The quantitative estimate of drug-likeness (QED) is 0.450. The summed E-state index contributed by atoms with van der Waals surface area (Å²) in [7, 11) is -3.73. The maximum atomic E-state index is 13.0. The van der Waals surface area contributed by atoms with Crippen LogP contribution < -0.4 is 10.0 Å². The number of rotatable bonds is 5. The summed E-state index contributed by atoms with van der Waals surface area (Å²) in [5, 5.41) is 5.40. The Labute approximate surface area is 181 Å². The molecule has 7 nitrogen and oxygen atoms in total. The third-order valence-corrected chi connectivity index (χ3v) is 8.42. The molecule has 0 unspecified atom stereocenters. The van der Waals surface area contributed by atoms with Gasteiger partial charge in [0.15, 0.2) is 0 Å². The van der Waals surface area contributed by atoms with Crippen molar-refractivity contribution in [1.29, 1.82) is 0 Å². The second kappa shape index (κ2) is 7.78. The molecule has 2 N–H and O–H groups in total. The fourth-order valence-electron chi connectivity index (χ4n) is 3.16. The highest BCUT2D eigenvalue weighted by molar-refractivity contribution is 7.94. The fraction of sp³-hybridized carbons (Fsp3) is 0.150. The van der Waals surface area contributed by atoms with E-state index in [9.17, 15) is 13.2 Å². The summed E-state index contributed by atoms with van der Waals surface area (Å²) in [6, 6.07) is 9.90. The number of anilines is 2. The molecule has 0 aliphatic carbocycles. The van der Waals surface area contributed by atoms with E-state index >= 15 is 0 Å². The minimum Gasteiger partial charge on any atom is -0.319 e. The standard InChI is InChI=1S/C20H18N4O3S3/c1-11-17-12(2)21-13(3)22-20(17)29-18(11)19(25)23-14-7-4-5-8-15(14)24-30(26,27)16-9-6-10-28-16/h4-10,24H,1-3H3,(H,23,25). The number of sulfonamides is 1. The molecule has 30 heavy (non-hydrogen) atoms. The number of nitrogens with zero attached hydrogens (tertiary/aromatic N) is 2. The lowest BCUT2D eigenvalue weighted by molar-refractivity contribution is 0.103. The molecule has 1 aromatic carbocycles. The van der Waals surface area contributed by atoms with Crippen molar-refractivity contribution in [2.24, 2.45) is 0 Å². The molecule has 3 heterocycles. The van der Waals surface area contributed by atoms with Crippen LogP contribution in [-0.2, 0) is 10.0 Å². The lowest BCUT2D eigenvalue weighted by atomic mass is 10.1. The Balaban J connectivity index is 1.66. The smallest absolute Gasteiger partial charge is 0.271 e. The van der Waals surface area contributed by atoms with Gasteiger partial charge in [0.1, 0.15) is 14.9 Å². The zero-order valence-corrected chi connectivity index (χ0v) is 18.8. The number of fused-ring (bicyclic) bond motifs is 1. The molecular formula is C20H18N4O3S3. The van der Waals surface area contributed by atoms with Crippen LogP contribution in [0.3, 0.4) is 0 Å². The predicted octanol–water partition coefficient (Wildman–Crippen LogP) is 4.73. The monoisotopic (exact) mass is 458 g/mol. The summed E-state index contributed by atoms with van der Waals surface area (Å²) >= 11 is 2.42. The maximum absolute atomic E-state index is 13.0. The van der Waals surface area contributed by atoms with E-state index in [0.29, 0.717) is 22.1 Å². The lowest BCUT2D eigenvalue weighted by Crippen LogP contribution is -2.16. The van der Waals surface area contributed by atoms with Crippen molar-refractivity contribution < 1.29 is 13.2 Å². The van der Waals surface area contributed by atoms with Crippen LogP contribution >= 0.6 is 22.7 Å². The Kier molecular flexibility index (Phi) is 5.31. The summed E-state index contributed by atoms with van der Waals surface area (Å²) < 4.78 is 27.9. The molecule has 4 rings (SSSR count). The van der Waals surface area contributed by atoms with E-state index in [1.54, 1.807) is 35.7 Å². The van der Waals surface area contributed by atoms with Gasteiger partial charge in [-0.05, 0) is 49.9 Å². The van der Waals surface area contributed by atoms with Gasteiger partial charge < -0.3 is 5.32 Å². The molecule has 0 bridgehead atoms. The maximum Gasteiger partial charge on any atom is 0.271 e. The molecule has 3 aromatic heterocycles. The van der Waals surface area contributed by atoms with Crippen LogP contribution in [0.25, 0.3) is 10.2 Å². The Morgan fingerprint density at radius 1 is 1.00 bits per heavy atom. The molecule has 0 spiro atoms. The van der Waals surface area contributed by atoms with Crippen molar-refractivity contribution in [2.45, 2.75) is 25.0 Å². The van der Waals surface area contributed by atoms with E-state index in [1.807, 2.05) is 20.8 Å². The van der Waals surface area contributed by atoms with Crippen LogP contribution in [-0.4, -0.2) is 24.3 Å². The number of hydrogen-bond acceptors (Lipinski definition) is 7. The van der Waals surface area contributed by atoms with Crippen LogP contribution in [0.15, 0.2) is 46.0 Å². The first-order chi connectivity index (χ1) is 14.3. The van der Waals surface area contributed by atoms with Gasteiger partial charge in [0.2, 0.25) is 0 Å². The fourth-order valence-corrected chi connectivity index (χ4v) is 6.41. The van der Waals surface area contributed by atoms with E-state index < -0.39 is 10.0 Å². The molecular weight excluding hydrogens is 440 g/mol. The second-order valence-electron chi connectivity index (χ2n) is 6.63. The largest absolute Gasteiger partial charge is 0.319 e. The Bertz CT molecular complexity index is 1360. The number of thiophene rings is 2. The first kappa shape index (κ1) is 20.5. The van der Waals surface area contributed by atoms with Crippen molar-refractivity contribution in [1.82, 2.24) is 9.97 Å². The highest BCUT2D eigenvalue weighted by Gasteiger charge is 2.21. The number of benzene rings is 1. The molecule has 0 atom stereocenters. The first-order valence-electron chi connectivity index (χ1n) is 8.97. The summed E-state index contributed by atoms with van der Waals surface area (Å²) in [6.45, 7) is 5.58. The van der Waals surface area contributed by atoms with Crippen molar-refractivity contribution >= 4 is 60.2 Å². The van der Waals surface area contributed by atoms with Gasteiger partial charge in [-0.25, -0.2) is 18.4 Å². The van der Waals surface area contributed by atoms with Gasteiger partial charge in [-0.2, -0.15) is 0 Å². The summed E-state index contributed by atoms with van der Waals surface area (Å²) in [6.07, 6.45) is 0. The second-order valence-corrected chi connectivity index (χ2v) is 10.5. The van der Waals surface area contributed by atoms with Gasteiger partial charge in [0, 0.05) is 11.1 Å². The number of para-hydroxylation sites is 2.